The van der Waals surface area contributed by atoms with Gasteiger partial charge in [0.25, 0.3) is 0 Å². The van der Waals surface area contributed by atoms with Crippen molar-refractivity contribution >= 4 is 5.82 Å². The molecule has 1 aliphatic heterocycles. The minimum absolute atomic E-state index is 0.199. The molecule has 2 aromatic rings. The van der Waals surface area contributed by atoms with Crippen molar-refractivity contribution in [3.63, 3.8) is 0 Å². The fraction of sp³-hybridized carbons (Fsp3) is 0.450. The lowest BCUT2D eigenvalue weighted by molar-refractivity contribution is 0.188. The second-order valence-electron chi connectivity index (χ2n) is 6.87. The van der Waals surface area contributed by atoms with Crippen molar-refractivity contribution in [2.45, 2.75) is 19.3 Å². The number of anilines is 1. The molecule has 4 nitrogen and oxygen atoms in total. The summed E-state index contributed by atoms with van der Waals surface area (Å²) in [6.07, 6.45) is 3.23. The number of rotatable bonds is 4. The van der Waals surface area contributed by atoms with Crippen molar-refractivity contribution in [3.8, 4) is 11.1 Å². The smallest absolute Gasteiger partial charge is 0.129 e. The van der Waals surface area contributed by atoms with Crippen LogP contribution in [-0.2, 0) is 12.8 Å². The first kappa shape index (κ1) is 16.5. The standard InChI is InChI=1S/C20H24FN3O/c21-16-6-4-15(5-7-16)18-14-20(22-19-3-1-2-17(18)19)24-10-8-23(9-11-24)12-13-25/h4-7,14,25H,1-3,8-13H2. The molecule has 1 aliphatic carbocycles. The number of hydrogen-bond donors (Lipinski definition) is 1. The third kappa shape index (κ3) is 3.39. The number of halogens is 1. The van der Waals surface area contributed by atoms with Crippen molar-refractivity contribution < 1.29 is 9.50 Å². The first-order valence-corrected chi connectivity index (χ1v) is 9.11. The molecule has 0 bridgehead atoms. The van der Waals surface area contributed by atoms with Crippen LogP contribution in [0.2, 0.25) is 0 Å². The second-order valence-corrected chi connectivity index (χ2v) is 6.87. The van der Waals surface area contributed by atoms with Gasteiger partial charge in [0.2, 0.25) is 0 Å². The van der Waals surface area contributed by atoms with E-state index in [9.17, 15) is 4.39 Å². The molecule has 0 unspecified atom stereocenters. The molecule has 0 amide bonds. The van der Waals surface area contributed by atoms with Gasteiger partial charge >= 0.3 is 0 Å². The molecule has 1 aromatic carbocycles. The summed E-state index contributed by atoms with van der Waals surface area (Å²) in [6.45, 7) is 4.71. The fourth-order valence-electron chi connectivity index (χ4n) is 3.92. The Morgan fingerprint density at radius 2 is 1.80 bits per heavy atom. The largest absolute Gasteiger partial charge is 0.395 e. The minimum Gasteiger partial charge on any atom is -0.395 e. The lowest BCUT2D eigenvalue weighted by atomic mass is 9.99. The van der Waals surface area contributed by atoms with E-state index in [0.717, 1.165) is 63.4 Å². The number of benzene rings is 1. The predicted octanol–water partition coefficient (Wildman–Crippen LogP) is 2.49. The third-order valence-corrected chi connectivity index (χ3v) is 5.30. The van der Waals surface area contributed by atoms with Crippen LogP contribution in [0, 0.1) is 5.82 Å². The minimum atomic E-state index is -0.199. The third-order valence-electron chi connectivity index (χ3n) is 5.30. The first-order valence-electron chi connectivity index (χ1n) is 9.11. The first-order chi connectivity index (χ1) is 12.2. The molecule has 1 fully saturated rings. The lowest BCUT2D eigenvalue weighted by Crippen LogP contribution is -2.47. The molecule has 0 saturated carbocycles. The highest BCUT2D eigenvalue weighted by atomic mass is 19.1. The van der Waals surface area contributed by atoms with Crippen molar-refractivity contribution in [1.29, 1.82) is 0 Å². The van der Waals surface area contributed by atoms with Crippen molar-refractivity contribution in [3.05, 3.63) is 47.4 Å². The number of aryl methyl sites for hydroxylation is 1. The maximum atomic E-state index is 13.3. The Balaban J connectivity index is 1.64. The second kappa shape index (κ2) is 7.10. The van der Waals surface area contributed by atoms with Crippen LogP contribution in [-0.4, -0.2) is 54.3 Å². The van der Waals surface area contributed by atoms with Gasteiger partial charge in [0.15, 0.2) is 0 Å². The Morgan fingerprint density at radius 3 is 2.52 bits per heavy atom. The van der Waals surface area contributed by atoms with Gasteiger partial charge in [-0.15, -0.1) is 0 Å². The Bertz CT molecular complexity index is 739. The number of aliphatic hydroxyl groups is 1. The number of piperazine rings is 1. The van der Waals surface area contributed by atoms with E-state index in [1.54, 1.807) is 0 Å². The number of aliphatic hydroxyl groups excluding tert-OH is 1. The van der Waals surface area contributed by atoms with Crippen molar-refractivity contribution in [2.75, 3.05) is 44.2 Å². The summed E-state index contributed by atoms with van der Waals surface area (Å²) < 4.78 is 13.3. The zero-order valence-corrected chi connectivity index (χ0v) is 14.4. The molecule has 0 radical (unpaired) electrons. The van der Waals surface area contributed by atoms with E-state index in [0.29, 0.717) is 0 Å². The van der Waals surface area contributed by atoms with Gasteiger partial charge in [0.05, 0.1) is 6.61 Å². The number of pyridine rings is 1. The van der Waals surface area contributed by atoms with Crippen LogP contribution < -0.4 is 4.90 Å². The molecule has 1 aromatic heterocycles. The molecule has 1 saturated heterocycles. The Hall–Kier alpha value is -1.98. The summed E-state index contributed by atoms with van der Waals surface area (Å²) in [5.74, 6) is 0.832. The molecule has 0 atom stereocenters. The predicted molar refractivity (Wildman–Crippen MR) is 97.4 cm³/mol. The average Bonchev–Trinajstić information content (AvgIpc) is 3.11. The van der Waals surface area contributed by atoms with E-state index < -0.39 is 0 Å². The molecule has 0 spiro atoms. The van der Waals surface area contributed by atoms with Gasteiger partial charge in [0, 0.05) is 38.4 Å². The van der Waals surface area contributed by atoms with E-state index in [1.165, 1.54) is 29.0 Å². The zero-order valence-electron chi connectivity index (χ0n) is 14.4. The van der Waals surface area contributed by atoms with E-state index in [2.05, 4.69) is 15.9 Å². The van der Waals surface area contributed by atoms with Gasteiger partial charge in [-0.25, -0.2) is 9.37 Å². The summed E-state index contributed by atoms with van der Waals surface area (Å²) in [5, 5.41) is 9.09. The lowest BCUT2D eigenvalue weighted by Gasteiger charge is -2.35. The molecule has 1 N–H and O–H groups in total. The fourth-order valence-corrected chi connectivity index (χ4v) is 3.92. The topological polar surface area (TPSA) is 39.6 Å². The van der Waals surface area contributed by atoms with Crippen LogP contribution in [0.4, 0.5) is 10.2 Å². The molecular weight excluding hydrogens is 317 g/mol. The molecule has 2 heterocycles. The maximum absolute atomic E-state index is 13.3. The van der Waals surface area contributed by atoms with E-state index in [4.69, 9.17) is 10.1 Å². The molecule has 25 heavy (non-hydrogen) atoms. The molecule has 2 aliphatic rings. The van der Waals surface area contributed by atoms with E-state index in [-0.39, 0.29) is 12.4 Å². The quantitative estimate of drug-likeness (QED) is 0.927. The van der Waals surface area contributed by atoms with Crippen LogP contribution in [0.3, 0.4) is 0 Å². The summed E-state index contributed by atoms with van der Waals surface area (Å²) in [4.78, 5) is 9.55. The van der Waals surface area contributed by atoms with Crippen LogP contribution in [0.15, 0.2) is 30.3 Å². The number of nitrogens with zero attached hydrogens (tertiary/aromatic N) is 3. The van der Waals surface area contributed by atoms with Gasteiger partial charge in [0.1, 0.15) is 11.6 Å². The molecule has 4 rings (SSSR count). The van der Waals surface area contributed by atoms with Crippen LogP contribution in [0.25, 0.3) is 11.1 Å². The van der Waals surface area contributed by atoms with Crippen LogP contribution in [0.5, 0.6) is 0 Å². The van der Waals surface area contributed by atoms with E-state index >= 15 is 0 Å². The van der Waals surface area contributed by atoms with E-state index in [1.807, 2.05) is 12.1 Å². The average molecular weight is 341 g/mol. The Morgan fingerprint density at radius 1 is 1.04 bits per heavy atom. The highest BCUT2D eigenvalue weighted by Gasteiger charge is 2.23. The van der Waals surface area contributed by atoms with Gasteiger partial charge in [-0.2, -0.15) is 0 Å². The maximum Gasteiger partial charge on any atom is 0.129 e. The van der Waals surface area contributed by atoms with Crippen LogP contribution in [0.1, 0.15) is 17.7 Å². The molecular formula is C20H24FN3O. The summed E-state index contributed by atoms with van der Waals surface area (Å²) in [6, 6.07) is 8.98. The number of aromatic nitrogens is 1. The number of fused-ring (bicyclic) bond motifs is 1. The highest BCUT2D eigenvalue weighted by Crippen LogP contribution is 2.34. The Labute approximate surface area is 147 Å². The van der Waals surface area contributed by atoms with Gasteiger partial charge in [-0.05, 0) is 54.2 Å². The summed E-state index contributed by atoms with van der Waals surface area (Å²) in [5.41, 5.74) is 4.81. The Kier molecular flexibility index (Phi) is 4.68. The zero-order chi connectivity index (χ0) is 17.2. The summed E-state index contributed by atoms with van der Waals surface area (Å²) in [7, 11) is 0. The monoisotopic (exact) mass is 341 g/mol. The van der Waals surface area contributed by atoms with Gasteiger partial charge in [-0.1, -0.05) is 12.1 Å². The molecule has 132 valence electrons. The number of β-amino-alcohol motifs (C(OH)–C–C–N with tert-alkyl or cyclic N) is 1. The van der Waals surface area contributed by atoms with Crippen LogP contribution >= 0.6 is 0 Å². The summed E-state index contributed by atoms with van der Waals surface area (Å²) >= 11 is 0. The highest BCUT2D eigenvalue weighted by molar-refractivity contribution is 5.72. The van der Waals surface area contributed by atoms with Gasteiger partial charge in [-0.3, -0.25) is 4.90 Å². The molecule has 5 heteroatoms. The normalized spacial score (nSPS) is 17.8. The van der Waals surface area contributed by atoms with Gasteiger partial charge < -0.3 is 10.0 Å². The number of hydrogen-bond acceptors (Lipinski definition) is 4. The SMILES string of the molecule is OCCN1CCN(c2cc(-c3ccc(F)cc3)c3c(n2)CCC3)CC1. The van der Waals surface area contributed by atoms with Crippen molar-refractivity contribution in [1.82, 2.24) is 9.88 Å². The van der Waals surface area contributed by atoms with Crippen molar-refractivity contribution in [2.24, 2.45) is 0 Å².